The summed E-state index contributed by atoms with van der Waals surface area (Å²) in [5.74, 6) is -7.47. The van der Waals surface area contributed by atoms with Gasteiger partial charge in [0, 0.05) is 6.42 Å². The Bertz CT molecular complexity index is 1460. The van der Waals surface area contributed by atoms with E-state index in [1.165, 1.54) is 50.7 Å². The summed E-state index contributed by atoms with van der Waals surface area (Å²) in [6.45, 7) is -1.91. The fourth-order valence-electron chi connectivity index (χ4n) is 7.87. The highest BCUT2D eigenvalue weighted by Crippen LogP contribution is 2.38. The Labute approximate surface area is 380 Å². The summed E-state index contributed by atoms with van der Waals surface area (Å²) in [6.07, 6.45) is -21.0. The van der Waals surface area contributed by atoms with Gasteiger partial charge in [0.25, 0.3) is 5.79 Å². The Morgan fingerprint density at radius 3 is 1.94 bits per heavy atom. The number of nitrogens with one attached hydrogen (secondary N) is 1. The van der Waals surface area contributed by atoms with Gasteiger partial charge in [-0.3, -0.25) is 4.79 Å². The van der Waals surface area contributed by atoms with E-state index in [2.05, 4.69) is 6.92 Å². The maximum Gasteiger partial charge on any atom is 0.471 e. The van der Waals surface area contributed by atoms with E-state index in [4.69, 9.17) is 34.2 Å². The van der Waals surface area contributed by atoms with Crippen LogP contribution < -0.4 is 11.1 Å². The minimum Gasteiger partial charge on any atom is -0.477 e. The number of aliphatic hydroxyl groups excluding tert-OH is 11. The molecule has 0 spiro atoms. The van der Waals surface area contributed by atoms with Crippen LogP contribution in [0.15, 0.2) is 12.2 Å². The number of unbranched alkanes of at least 4 members (excludes halogenated alkanes) is 11. The van der Waals surface area contributed by atoms with E-state index in [1.54, 1.807) is 5.32 Å². The predicted molar refractivity (Wildman–Crippen MR) is 218 cm³/mol. The number of hydrogen-bond donors (Lipinski definition) is 14. The van der Waals surface area contributed by atoms with Crippen LogP contribution in [0.1, 0.15) is 90.4 Å². The van der Waals surface area contributed by atoms with Crippen molar-refractivity contribution in [1.82, 2.24) is 5.32 Å². The highest BCUT2D eigenvalue weighted by atomic mass is 19.4. The lowest BCUT2D eigenvalue weighted by Crippen LogP contribution is -2.70. The molecular weight excluding hydrogens is 897 g/mol. The molecule has 3 aliphatic rings. The Balaban J connectivity index is 1.69. The van der Waals surface area contributed by atoms with Gasteiger partial charge in [-0.2, -0.15) is 13.2 Å². The zero-order chi connectivity index (χ0) is 49.4. The molecule has 0 unspecified atom stereocenters. The van der Waals surface area contributed by atoms with E-state index in [0.29, 0.717) is 6.42 Å². The summed E-state index contributed by atoms with van der Waals surface area (Å²) in [5, 5.41) is 128. The van der Waals surface area contributed by atoms with Gasteiger partial charge < -0.3 is 101 Å². The topological polar surface area (TPSA) is 370 Å². The predicted octanol–water partition coefficient (Wildman–Crippen LogP) is -2.71. The van der Waals surface area contributed by atoms with Crippen LogP contribution in [-0.2, 0) is 38.0 Å². The summed E-state index contributed by atoms with van der Waals surface area (Å²) < 4.78 is 72.9. The molecule has 0 radical (unpaired) electrons. The number of allylic oxidation sites excluding steroid dienone is 1. The van der Waals surface area contributed by atoms with E-state index < -0.39 is 161 Å². The van der Waals surface area contributed by atoms with Crippen LogP contribution in [0.25, 0.3) is 0 Å². The van der Waals surface area contributed by atoms with Crippen molar-refractivity contribution in [2.24, 2.45) is 5.73 Å². The molecule has 66 heavy (non-hydrogen) atoms. The van der Waals surface area contributed by atoms with Gasteiger partial charge in [-0.15, -0.1) is 0 Å². The van der Waals surface area contributed by atoms with Crippen LogP contribution in [0.4, 0.5) is 13.2 Å². The van der Waals surface area contributed by atoms with Gasteiger partial charge in [-0.05, 0) is 12.8 Å². The molecule has 22 nitrogen and oxygen atoms in total. The minimum atomic E-state index is -5.36. The van der Waals surface area contributed by atoms with Gasteiger partial charge in [0.1, 0.15) is 67.1 Å². The Morgan fingerprint density at radius 1 is 0.818 bits per heavy atom. The zero-order valence-corrected chi connectivity index (χ0v) is 36.8. The molecule has 0 saturated carbocycles. The fraction of sp³-hybridized carbons (Fsp3) is 0.902. The molecule has 0 aliphatic carbocycles. The van der Waals surface area contributed by atoms with Crippen LogP contribution in [-0.4, -0.2) is 216 Å². The number of carboxylic acids is 1. The molecule has 1 amide bonds. The average Bonchev–Trinajstić information content (AvgIpc) is 3.28. The number of aliphatic carboxylic acids is 1. The second-order valence-electron chi connectivity index (χ2n) is 17.0. The quantitative estimate of drug-likeness (QED) is 0.0280. The highest BCUT2D eigenvalue weighted by molar-refractivity contribution is 5.82. The second-order valence-corrected chi connectivity index (χ2v) is 17.0. The van der Waals surface area contributed by atoms with Crippen molar-refractivity contribution in [1.29, 1.82) is 0 Å². The Morgan fingerprint density at radius 2 is 1.39 bits per heavy atom. The molecule has 0 aromatic heterocycles. The average molecular weight is 969 g/mol. The third kappa shape index (κ3) is 16.2. The largest absolute Gasteiger partial charge is 0.477 e. The first-order chi connectivity index (χ1) is 31.2. The number of amides is 1. The van der Waals surface area contributed by atoms with Crippen LogP contribution in [0, 0.1) is 0 Å². The number of carboxylic acid groups (broad SMARTS) is 1. The third-order valence-corrected chi connectivity index (χ3v) is 11.9. The van der Waals surface area contributed by atoms with E-state index in [1.807, 2.05) is 0 Å². The van der Waals surface area contributed by atoms with E-state index in [9.17, 15) is 84.0 Å². The molecule has 0 aromatic carbocycles. The lowest BCUT2D eigenvalue weighted by molar-refractivity contribution is -0.386. The number of nitrogens with two attached hydrogens (primary N) is 1. The molecule has 0 aromatic rings. The number of carbonyl (C=O) groups is 2. The van der Waals surface area contributed by atoms with Crippen molar-refractivity contribution in [3.05, 3.63) is 12.2 Å². The molecule has 386 valence electrons. The number of hydrogen-bond acceptors (Lipinski definition) is 20. The maximum atomic E-state index is 13.3. The van der Waals surface area contributed by atoms with Gasteiger partial charge in [0.15, 0.2) is 12.6 Å². The number of alkyl halides is 3. The van der Waals surface area contributed by atoms with Crippen LogP contribution >= 0.6 is 0 Å². The lowest BCUT2D eigenvalue weighted by Gasteiger charge is -2.50. The highest BCUT2D eigenvalue weighted by Gasteiger charge is 2.59. The van der Waals surface area contributed by atoms with E-state index in [-0.39, 0.29) is 0 Å². The van der Waals surface area contributed by atoms with E-state index >= 15 is 0 Å². The van der Waals surface area contributed by atoms with Gasteiger partial charge in [0.05, 0.1) is 50.7 Å². The van der Waals surface area contributed by atoms with Crippen molar-refractivity contribution >= 4 is 11.9 Å². The molecule has 3 saturated heterocycles. The summed E-state index contributed by atoms with van der Waals surface area (Å²) in [7, 11) is 0. The second kappa shape index (κ2) is 27.8. The third-order valence-electron chi connectivity index (χ3n) is 11.9. The van der Waals surface area contributed by atoms with Crippen molar-refractivity contribution < 1.29 is 112 Å². The van der Waals surface area contributed by atoms with Crippen molar-refractivity contribution in [3.8, 4) is 0 Å². The number of rotatable bonds is 28. The number of carbonyl (C=O) groups excluding carboxylic acids is 1. The van der Waals surface area contributed by atoms with Crippen LogP contribution in [0.5, 0.6) is 0 Å². The minimum absolute atomic E-state index is 0.475. The SMILES string of the molecule is CCCCCCCCCCCCC/C=C/[C@@H](O)[C@H](CO[C@@H]1O[C@H](CO)[C@@H](O[C@@H]2O[C@H](CO)[C@H](O)[C@H](O[C@]3(C(=O)O)C[C@H](O)[C@@H](N)[C@H]([C@H](O)[C@H](O)CO)O3)[C@H]2O)[C@H](O)[C@H]1O)NC(=O)C(F)(F)F. The van der Waals surface area contributed by atoms with Crippen molar-refractivity contribution in [2.45, 2.75) is 206 Å². The van der Waals surface area contributed by atoms with Crippen LogP contribution in [0.3, 0.4) is 0 Å². The summed E-state index contributed by atoms with van der Waals surface area (Å²) in [6, 6.07) is -3.34. The first-order valence-corrected chi connectivity index (χ1v) is 22.4. The Kier molecular flexibility index (Phi) is 24.5. The van der Waals surface area contributed by atoms with Gasteiger partial charge in [-0.25, -0.2) is 4.79 Å². The normalized spacial score (nSPS) is 35.1. The zero-order valence-electron chi connectivity index (χ0n) is 36.8. The molecule has 0 bridgehead atoms. The molecule has 3 rings (SSSR count). The fourth-order valence-corrected chi connectivity index (χ4v) is 7.87. The molecular formula is C41H71F3N2O20. The first-order valence-electron chi connectivity index (χ1n) is 22.4. The molecule has 3 fully saturated rings. The molecule has 15 N–H and O–H groups in total. The first kappa shape index (κ1) is 58.1. The molecule has 3 heterocycles. The molecule has 18 atom stereocenters. The number of ether oxygens (including phenoxy) is 6. The van der Waals surface area contributed by atoms with Gasteiger partial charge in [-0.1, -0.05) is 83.3 Å². The smallest absolute Gasteiger partial charge is 0.471 e. The van der Waals surface area contributed by atoms with Crippen molar-refractivity contribution in [3.63, 3.8) is 0 Å². The summed E-state index contributed by atoms with van der Waals surface area (Å²) in [4.78, 5) is 24.6. The standard InChI is InChI=1S/C41H71F3N2O20/c1-2-3-4-5-6-7-8-9-10-11-12-13-14-15-22(50)21(46-38(58)41(42,43)44)20-61-36-31(56)30(55)33(26(19-49)63-36)64-37-32(57)35(29(54)25(18-48)62-37)66-40(39(59)60)16-23(51)27(45)34(65-40)28(53)24(52)17-47/h14-15,21-37,47-57H,2-13,16-20,45H2,1H3,(H,46,58)(H,59,60)/b15-14+/t21-,22+,23-,24+,25+,26+,27+,28+,29-,30+,31+,32+,33+,34+,35-,36+,37-,40-/m0/s1. The molecule has 3 aliphatic heterocycles. The Hall–Kier alpha value is -2.25. The lowest BCUT2D eigenvalue weighted by atomic mass is 9.88. The van der Waals surface area contributed by atoms with Gasteiger partial charge in [0.2, 0.25) is 0 Å². The van der Waals surface area contributed by atoms with Crippen LogP contribution in [0.2, 0.25) is 0 Å². The van der Waals surface area contributed by atoms with Gasteiger partial charge >= 0.3 is 18.1 Å². The summed E-state index contributed by atoms with van der Waals surface area (Å²) in [5.41, 5.74) is 5.89. The molecule has 25 heteroatoms. The van der Waals surface area contributed by atoms with Crippen molar-refractivity contribution in [2.75, 3.05) is 26.4 Å². The monoisotopic (exact) mass is 968 g/mol. The maximum absolute atomic E-state index is 13.3. The summed E-state index contributed by atoms with van der Waals surface area (Å²) >= 11 is 0. The number of halogens is 3. The number of aliphatic hydroxyl groups is 11. The van der Waals surface area contributed by atoms with E-state index in [0.717, 1.165) is 32.1 Å².